The second kappa shape index (κ2) is 10.7. The number of amides is 2. The third-order valence-corrected chi connectivity index (χ3v) is 8.19. The Morgan fingerprint density at radius 2 is 1.65 bits per heavy atom. The summed E-state index contributed by atoms with van der Waals surface area (Å²) in [6.07, 6.45) is 4.22. The lowest BCUT2D eigenvalue weighted by molar-refractivity contribution is -0.133. The summed E-state index contributed by atoms with van der Waals surface area (Å²) in [7, 11) is -3.66. The van der Waals surface area contributed by atoms with E-state index < -0.39 is 10.0 Å². The van der Waals surface area contributed by atoms with E-state index in [-0.39, 0.29) is 35.5 Å². The van der Waals surface area contributed by atoms with Crippen molar-refractivity contribution < 1.29 is 18.0 Å². The molecule has 1 atom stereocenters. The van der Waals surface area contributed by atoms with Crippen molar-refractivity contribution in [2.75, 3.05) is 31.1 Å². The molecule has 0 aliphatic carbocycles. The number of hydrogen-bond donors (Lipinski definition) is 1. The van der Waals surface area contributed by atoms with Crippen LogP contribution in [0.1, 0.15) is 56.1 Å². The van der Waals surface area contributed by atoms with Gasteiger partial charge < -0.3 is 9.80 Å². The Hall–Kier alpha value is -2.71. The van der Waals surface area contributed by atoms with Gasteiger partial charge in [-0.15, -0.1) is 0 Å². The summed E-state index contributed by atoms with van der Waals surface area (Å²) in [5.74, 6) is 0.00501. The number of nitrogens with one attached hydrogen (secondary N) is 1. The highest BCUT2D eigenvalue weighted by molar-refractivity contribution is 7.89. The van der Waals surface area contributed by atoms with Crippen LogP contribution in [0.5, 0.6) is 0 Å². The molecule has 1 saturated heterocycles. The first kappa shape index (κ1) is 24.4. The Bertz CT molecular complexity index is 1130. The molecule has 2 aromatic rings. The molecule has 7 nitrogen and oxygen atoms in total. The van der Waals surface area contributed by atoms with E-state index in [9.17, 15) is 18.0 Å². The van der Waals surface area contributed by atoms with E-state index in [4.69, 9.17) is 0 Å². The summed E-state index contributed by atoms with van der Waals surface area (Å²) in [6.45, 7) is 4.37. The fraction of sp³-hybridized carbons (Fsp3) is 0.462. The van der Waals surface area contributed by atoms with Crippen LogP contribution >= 0.6 is 0 Å². The fourth-order valence-electron chi connectivity index (χ4n) is 4.67. The number of sulfonamides is 1. The van der Waals surface area contributed by atoms with Crippen LogP contribution in [-0.2, 0) is 26.0 Å². The van der Waals surface area contributed by atoms with Crippen molar-refractivity contribution in [3.8, 4) is 0 Å². The Morgan fingerprint density at radius 3 is 2.38 bits per heavy atom. The van der Waals surface area contributed by atoms with E-state index >= 15 is 0 Å². The second-order valence-electron chi connectivity index (χ2n) is 9.19. The summed E-state index contributed by atoms with van der Waals surface area (Å²) in [5, 5.41) is 0. The zero-order valence-corrected chi connectivity index (χ0v) is 20.5. The van der Waals surface area contributed by atoms with Gasteiger partial charge >= 0.3 is 0 Å². The maximum Gasteiger partial charge on any atom is 0.240 e. The van der Waals surface area contributed by atoms with Crippen LogP contribution < -0.4 is 9.62 Å². The topological polar surface area (TPSA) is 86.8 Å². The molecule has 2 aliphatic rings. The van der Waals surface area contributed by atoms with Crippen molar-refractivity contribution in [3.63, 3.8) is 0 Å². The largest absolute Gasteiger partial charge is 0.343 e. The van der Waals surface area contributed by atoms with Crippen molar-refractivity contribution in [1.29, 1.82) is 0 Å². The standard InChI is InChI=1S/C26H33N3O4S/c1-20(21-8-4-2-5-9-21)19-27-34(32,33)23-10-11-24-22(18-23)14-17-29(24)26(31)13-12-25(30)28-15-6-3-7-16-28/h2,4-5,8-11,18,20,27H,3,6-7,12-17,19H2,1H3. The van der Waals surface area contributed by atoms with Gasteiger partial charge in [-0.2, -0.15) is 0 Å². The van der Waals surface area contributed by atoms with E-state index in [2.05, 4.69) is 4.72 Å². The number of rotatable bonds is 8. The molecule has 1 fully saturated rings. The fourth-order valence-corrected chi connectivity index (χ4v) is 5.85. The van der Waals surface area contributed by atoms with Crippen LogP contribution in [0, 0.1) is 0 Å². The summed E-state index contributed by atoms with van der Waals surface area (Å²) in [4.78, 5) is 29.0. The van der Waals surface area contributed by atoms with E-state index in [1.165, 1.54) is 0 Å². The van der Waals surface area contributed by atoms with Gasteiger partial charge in [-0.3, -0.25) is 9.59 Å². The molecule has 2 amide bonds. The molecule has 4 rings (SSSR count). The maximum absolute atomic E-state index is 12.9. The lowest BCUT2D eigenvalue weighted by Gasteiger charge is -2.27. The smallest absolute Gasteiger partial charge is 0.240 e. The molecule has 2 aliphatic heterocycles. The van der Waals surface area contributed by atoms with Gasteiger partial charge in [0.15, 0.2) is 0 Å². The zero-order chi connectivity index (χ0) is 24.1. The normalized spacial score (nSPS) is 16.9. The SMILES string of the molecule is CC(CNS(=O)(=O)c1ccc2c(c1)CCN2C(=O)CCC(=O)N1CCCCC1)c1ccccc1. The third-order valence-electron chi connectivity index (χ3n) is 6.77. The molecule has 34 heavy (non-hydrogen) atoms. The molecule has 8 heteroatoms. The van der Waals surface area contributed by atoms with Gasteiger partial charge in [0.05, 0.1) is 4.90 Å². The summed E-state index contributed by atoms with van der Waals surface area (Å²) >= 11 is 0. The number of benzene rings is 2. The van der Waals surface area contributed by atoms with Crippen molar-refractivity contribution in [2.45, 2.75) is 56.3 Å². The molecule has 2 aromatic carbocycles. The van der Waals surface area contributed by atoms with Crippen LogP contribution in [0.3, 0.4) is 0 Å². The first-order valence-corrected chi connectivity index (χ1v) is 13.6. The molecule has 182 valence electrons. The lowest BCUT2D eigenvalue weighted by Crippen LogP contribution is -2.37. The summed E-state index contributed by atoms with van der Waals surface area (Å²) in [6, 6.07) is 14.7. The highest BCUT2D eigenvalue weighted by atomic mass is 32.2. The van der Waals surface area contributed by atoms with Gasteiger partial charge in [0.2, 0.25) is 21.8 Å². The Morgan fingerprint density at radius 1 is 0.941 bits per heavy atom. The third kappa shape index (κ3) is 5.67. The minimum Gasteiger partial charge on any atom is -0.343 e. The van der Waals surface area contributed by atoms with Gasteiger partial charge in [0, 0.05) is 44.7 Å². The van der Waals surface area contributed by atoms with Crippen LogP contribution in [0.4, 0.5) is 5.69 Å². The predicted octanol–water partition coefficient (Wildman–Crippen LogP) is 3.45. The molecule has 0 saturated carbocycles. The Labute approximate surface area is 202 Å². The van der Waals surface area contributed by atoms with E-state index in [1.807, 2.05) is 42.2 Å². The number of anilines is 1. The molecule has 0 aromatic heterocycles. The first-order chi connectivity index (χ1) is 16.3. The van der Waals surface area contributed by atoms with Crippen molar-refractivity contribution in [1.82, 2.24) is 9.62 Å². The van der Waals surface area contributed by atoms with Gasteiger partial charge in [0.1, 0.15) is 0 Å². The number of hydrogen-bond acceptors (Lipinski definition) is 4. The maximum atomic E-state index is 12.9. The number of fused-ring (bicyclic) bond motifs is 1. The molecule has 0 bridgehead atoms. The van der Waals surface area contributed by atoms with Crippen LogP contribution in [0.15, 0.2) is 53.4 Å². The highest BCUT2D eigenvalue weighted by Gasteiger charge is 2.27. The average Bonchev–Trinajstić information content (AvgIpc) is 3.30. The molecule has 1 N–H and O–H groups in total. The van der Waals surface area contributed by atoms with E-state index in [1.54, 1.807) is 23.1 Å². The van der Waals surface area contributed by atoms with Crippen LogP contribution in [-0.4, -0.2) is 51.3 Å². The molecular formula is C26H33N3O4S. The Kier molecular flexibility index (Phi) is 7.68. The molecule has 0 radical (unpaired) electrons. The van der Waals surface area contributed by atoms with Crippen LogP contribution in [0.2, 0.25) is 0 Å². The molecule has 0 spiro atoms. The minimum absolute atomic E-state index is 0.0460. The molecule has 2 heterocycles. The second-order valence-corrected chi connectivity index (χ2v) is 11.0. The number of piperidine rings is 1. The number of likely N-dealkylation sites (tertiary alicyclic amines) is 1. The van der Waals surface area contributed by atoms with Gasteiger partial charge in [-0.25, -0.2) is 13.1 Å². The minimum atomic E-state index is -3.66. The number of carbonyl (C=O) groups excluding carboxylic acids is 2. The average molecular weight is 484 g/mol. The van der Waals surface area contributed by atoms with Gasteiger partial charge in [-0.1, -0.05) is 37.3 Å². The number of nitrogens with zero attached hydrogens (tertiary/aromatic N) is 2. The Balaban J connectivity index is 1.35. The quantitative estimate of drug-likeness (QED) is 0.623. The predicted molar refractivity (Wildman–Crippen MR) is 132 cm³/mol. The summed E-state index contributed by atoms with van der Waals surface area (Å²) < 4.78 is 28.5. The van der Waals surface area contributed by atoms with Crippen molar-refractivity contribution in [3.05, 3.63) is 59.7 Å². The van der Waals surface area contributed by atoms with Crippen molar-refractivity contribution >= 4 is 27.5 Å². The summed E-state index contributed by atoms with van der Waals surface area (Å²) in [5.41, 5.74) is 2.66. The van der Waals surface area contributed by atoms with E-state index in [0.29, 0.717) is 19.5 Å². The highest BCUT2D eigenvalue weighted by Crippen LogP contribution is 2.31. The zero-order valence-electron chi connectivity index (χ0n) is 19.7. The van der Waals surface area contributed by atoms with E-state index in [0.717, 1.165) is 49.2 Å². The molecule has 1 unspecified atom stereocenters. The van der Waals surface area contributed by atoms with Gasteiger partial charge in [0.25, 0.3) is 0 Å². The van der Waals surface area contributed by atoms with Gasteiger partial charge in [-0.05, 0) is 60.9 Å². The number of carbonyl (C=O) groups is 2. The molecular weight excluding hydrogens is 450 g/mol. The van der Waals surface area contributed by atoms with Crippen LogP contribution in [0.25, 0.3) is 0 Å². The van der Waals surface area contributed by atoms with Crippen molar-refractivity contribution in [2.24, 2.45) is 0 Å². The lowest BCUT2D eigenvalue weighted by atomic mass is 10.0. The first-order valence-electron chi connectivity index (χ1n) is 12.1. The monoisotopic (exact) mass is 483 g/mol.